The van der Waals surface area contributed by atoms with Crippen LogP contribution in [0, 0.1) is 6.92 Å². The van der Waals surface area contributed by atoms with E-state index in [4.69, 9.17) is 0 Å². The van der Waals surface area contributed by atoms with Crippen molar-refractivity contribution < 1.29 is 4.79 Å². The molecule has 0 aliphatic heterocycles. The zero-order chi connectivity index (χ0) is 9.84. The molecule has 0 radical (unpaired) electrons. The fourth-order valence-electron chi connectivity index (χ4n) is 0.696. The highest BCUT2D eigenvalue weighted by Crippen LogP contribution is 2.08. The molecule has 0 aliphatic rings. The monoisotopic (exact) mass is 261 g/mol. The van der Waals surface area contributed by atoms with Gasteiger partial charge in [0, 0.05) is 11.0 Å². The molecule has 0 spiro atoms. The molecular weight excluding hydrogens is 254 g/mol. The lowest BCUT2D eigenvalue weighted by Gasteiger charge is -2.00. The van der Waals surface area contributed by atoms with Gasteiger partial charge >= 0.3 is 0 Å². The summed E-state index contributed by atoms with van der Waals surface area (Å²) in [5.74, 6) is -0.159. The molecular formula is C7H8BrN3OS. The van der Waals surface area contributed by atoms with E-state index in [1.165, 1.54) is 0 Å². The Balaban J connectivity index is 2.59. The van der Waals surface area contributed by atoms with Crippen molar-refractivity contribution in [2.24, 2.45) is 0 Å². The zero-order valence-corrected chi connectivity index (χ0v) is 9.41. The van der Waals surface area contributed by atoms with Crippen LogP contribution in [0.1, 0.15) is 15.4 Å². The first-order chi connectivity index (χ1) is 6.11. The summed E-state index contributed by atoms with van der Waals surface area (Å²) in [6.07, 6.45) is 0. The van der Waals surface area contributed by atoms with Gasteiger partial charge in [0.05, 0.1) is 5.69 Å². The average molecular weight is 262 g/mol. The van der Waals surface area contributed by atoms with Crippen molar-refractivity contribution in [3.63, 3.8) is 0 Å². The second-order valence-electron chi connectivity index (χ2n) is 2.39. The van der Waals surface area contributed by atoms with Crippen molar-refractivity contribution in [3.05, 3.63) is 21.6 Å². The Kier molecular flexibility index (Phi) is 3.56. The SMILES string of the molecule is C=C(Br)CNC(=O)c1snnc1C. The van der Waals surface area contributed by atoms with Gasteiger partial charge in [-0.25, -0.2) is 0 Å². The van der Waals surface area contributed by atoms with E-state index in [-0.39, 0.29) is 5.91 Å². The highest BCUT2D eigenvalue weighted by molar-refractivity contribution is 9.11. The fourth-order valence-corrected chi connectivity index (χ4v) is 1.41. The number of rotatable bonds is 3. The van der Waals surface area contributed by atoms with Crippen LogP contribution in [0.4, 0.5) is 0 Å². The Morgan fingerprint density at radius 1 is 1.77 bits per heavy atom. The van der Waals surface area contributed by atoms with Crippen LogP contribution in [-0.2, 0) is 0 Å². The number of nitrogens with one attached hydrogen (secondary N) is 1. The molecule has 0 fully saturated rings. The van der Waals surface area contributed by atoms with Crippen molar-refractivity contribution in [1.29, 1.82) is 0 Å². The lowest BCUT2D eigenvalue weighted by atomic mass is 10.4. The molecule has 6 heteroatoms. The summed E-state index contributed by atoms with van der Waals surface area (Å²) >= 11 is 4.24. The molecule has 0 bridgehead atoms. The normalized spacial score (nSPS) is 9.69. The number of halogens is 1. The zero-order valence-electron chi connectivity index (χ0n) is 7.00. The van der Waals surface area contributed by atoms with Crippen LogP contribution < -0.4 is 5.32 Å². The lowest BCUT2D eigenvalue weighted by Crippen LogP contribution is -2.24. The predicted octanol–water partition coefficient (Wildman–Crippen LogP) is 1.48. The maximum atomic E-state index is 11.4. The first kappa shape index (κ1) is 10.3. The van der Waals surface area contributed by atoms with E-state index in [1.54, 1.807) is 6.92 Å². The number of amides is 1. The van der Waals surface area contributed by atoms with Crippen LogP contribution >= 0.6 is 27.5 Å². The van der Waals surface area contributed by atoms with E-state index in [9.17, 15) is 4.79 Å². The van der Waals surface area contributed by atoms with Gasteiger partial charge in [0.25, 0.3) is 5.91 Å². The van der Waals surface area contributed by atoms with E-state index in [0.717, 1.165) is 16.0 Å². The van der Waals surface area contributed by atoms with E-state index >= 15 is 0 Å². The van der Waals surface area contributed by atoms with Gasteiger partial charge in [-0.2, -0.15) is 0 Å². The molecule has 0 aliphatic carbocycles. The molecule has 1 aromatic heterocycles. The van der Waals surface area contributed by atoms with Crippen molar-refractivity contribution in [1.82, 2.24) is 14.9 Å². The number of carbonyl (C=O) groups is 1. The second kappa shape index (κ2) is 4.48. The van der Waals surface area contributed by atoms with E-state index in [2.05, 4.69) is 37.4 Å². The minimum Gasteiger partial charge on any atom is -0.347 e. The molecule has 1 rings (SSSR count). The summed E-state index contributed by atoms with van der Waals surface area (Å²) in [7, 11) is 0. The van der Waals surface area contributed by atoms with Gasteiger partial charge in [-0.05, 0) is 18.5 Å². The molecule has 0 atom stereocenters. The van der Waals surface area contributed by atoms with Gasteiger partial charge in [-0.1, -0.05) is 27.0 Å². The molecule has 0 aromatic carbocycles. The van der Waals surface area contributed by atoms with Gasteiger partial charge < -0.3 is 5.32 Å². The smallest absolute Gasteiger partial charge is 0.265 e. The van der Waals surface area contributed by atoms with Crippen LogP contribution in [0.3, 0.4) is 0 Å². The van der Waals surface area contributed by atoms with Crippen LogP contribution in [0.25, 0.3) is 0 Å². The van der Waals surface area contributed by atoms with Crippen molar-refractivity contribution in [2.45, 2.75) is 6.92 Å². The summed E-state index contributed by atoms with van der Waals surface area (Å²) in [5.41, 5.74) is 0.655. The van der Waals surface area contributed by atoms with Gasteiger partial charge in [-0.3, -0.25) is 4.79 Å². The Bertz CT molecular complexity index is 336. The third-order valence-electron chi connectivity index (χ3n) is 1.30. The number of carbonyl (C=O) groups excluding carboxylic acids is 1. The quantitative estimate of drug-likeness (QED) is 0.897. The summed E-state index contributed by atoms with van der Waals surface area (Å²) in [6, 6.07) is 0. The predicted molar refractivity (Wildman–Crippen MR) is 55.0 cm³/mol. The van der Waals surface area contributed by atoms with E-state index in [1.807, 2.05) is 0 Å². The largest absolute Gasteiger partial charge is 0.347 e. The maximum absolute atomic E-state index is 11.4. The number of hydrogen-bond acceptors (Lipinski definition) is 4. The summed E-state index contributed by atoms with van der Waals surface area (Å²) in [6.45, 7) is 5.77. The van der Waals surface area contributed by atoms with Gasteiger partial charge in [0.2, 0.25) is 0 Å². The molecule has 1 heterocycles. The molecule has 0 saturated carbocycles. The molecule has 13 heavy (non-hydrogen) atoms. The van der Waals surface area contributed by atoms with Gasteiger partial charge in [-0.15, -0.1) is 5.10 Å². The van der Waals surface area contributed by atoms with Crippen LogP contribution in [0.2, 0.25) is 0 Å². The Morgan fingerprint density at radius 3 is 2.92 bits per heavy atom. The second-order valence-corrected chi connectivity index (χ2v) is 4.26. The molecule has 1 N–H and O–H groups in total. The summed E-state index contributed by atoms with van der Waals surface area (Å²) in [4.78, 5) is 11.9. The first-order valence-corrected chi connectivity index (χ1v) is 5.08. The molecule has 0 saturated heterocycles. The average Bonchev–Trinajstić information content (AvgIpc) is 2.47. The summed E-state index contributed by atoms with van der Waals surface area (Å²) < 4.78 is 4.40. The fraction of sp³-hybridized carbons (Fsp3) is 0.286. The number of hydrogen-bond donors (Lipinski definition) is 1. The molecule has 1 aromatic rings. The van der Waals surface area contributed by atoms with Crippen molar-refractivity contribution in [2.75, 3.05) is 6.54 Å². The minimum absolute atomic E-state index is 0.159. The van der Waals surface area contributed by atoms with Crippen LogP contribution in [0.15, 0.2) is 11.1 Å². The Hall–Kier alpha value is -0.750. The van der Waals surface area contributed by atoms with E-state index in [0.29, 0.717) is 17.1 Å². The molecule has 4 nitrogen and oxygen atoms in total. The molecule has 1 amide bonds. The minimum atomic E-state index is -0.159. The first-order valence-electron chi connectivity index (χ1n) is 3.51. The van der Waals surface area contributed by atoms with Crippen LogP contribution in [0.5, 0.6) is 0 Å². The Labute approximate surface area is 88.3 Å². The molecule has 70 valence electrons. The standard InChI is InChI=1S/C7H8BrN3OS/c1-4(8)3-9-7(12)6-5(2)10-11-13-6/h1,3H2,2H3,(H,9,12). The lowest BCUT2D eigenvalue weighted by molar-refractivity contribution is 0.0961. The number of aromatic nitrogens is 2. The molecule has 0 unspecified atom stereocenters. The summed E-state index contributed by atoms with van der Waals surface area (Å²) in [5, 5.41) is 6.41. The van der Waals surface area contributed by atoms with Crippen molar-refractivity contribution >= 4 is 33.4 Å². The highest BCUT2D eigenvalue weighted by Gasteiger charge is 2.11. The van der Waals surface area contributed by atoms with Gasteiger partial charge in [0.15, 0.2) is 0 Å². The third kappa shape index (κ3) is 2.89. The van der Waals surface area contributed by atoms with Crippen LogP contribution in [-0.4, -0.2) is 22.0 Å². The maximum Gasteiger partial charge on any atom is 0.265 e. The number of aryl methyl sites for hydroxylation is 1. The topological polar surface area (TPSA) is 54.9 Å². The van der Waals surface area contributed by atoms with Gasteiger partial charge in [0.1, 0.15) is 4.88 Å². The third-order valence-corrected chi connectivity index (χ3v) is 2.41. The van der Waals surface area contributed by atoms with E-state index < -0.39 is 0 Å². The number of nitrogens with zero attached hydrogens (tertiary/aromatic N) is 2. The Morgan fingerprint density at radius 2 is 2.46 bits per heavy atom. The highest BCUT2D eigenvalue weighted by atomic mass is 79.9. The van der Waals surface area contributed by atoms with Crippen molar-refractivity contribution in [3.8, 4) is 0 Å².